The number of carbonyl (C=O) groups excluding carboxylic acids is 1. The Labute approximate surface area is 93.0 Å². The molecule has 0 atom stereocenters. The van der Waals surface area contributed by atoms with E-state index in [0.717, 1.165) is 17.9 Å². The Kier molecular flexibility index (Phi) is 2.86. The molecule has 2 heterocycles. The monoisotopic (exact) mass is 222 g/mol. The molecule has 7 heteroatoms. The number of anilines is 2. The molecule has 1 aromatic rings. The lowest BCUT2D eigenvalue weighted by Gasteiger charge is -2.28. The van der Waals surface area contributed by atoms with Crippen molar-refractivity contribution in [3.05, 3.63) is 11.9 Å². The van der Waals surface area contributed by atoms with E-state index in [1.807, 2.05) is 11.8 Å². The third-order valence-corrected chi connectivity index (χ3v) is 2.53. The molecule has 0 aliphatic carbocycles. The zero-order chi connectivity index (χ0) is 11.5. The molecule has 1 fully saturated rings. The minimum absolute atomic E-state index is 0.00604. The van der Waals surface area contributed by atoms with Crippen LogP contribution in [0.15, 0.2) is 6.33 Å². The second kappa shape index (κ2) is 4.31. The molecule has 86 valence electrons. The molecule has 0 unspecified atom stereocenters. The molecule has 1 aliphatic rings. The normalized spacial score (nSPS) is 15.9. The summed E-state index contributed by atoms with van der Waals surface area (Å²) in [6.07, 6.45) is 1.43. The maximum Gasteiger partial charge on any atom is 0.239 e. The van der Waals surface area contributed by atoms with Gasteiger partial charge < -0.3 is 15.6 Å². The third-order valence-electron chi connectivity index (χ3n) is 2.53. The van der Waals surface area contributed by atoms with Gasteiger partial charge in [0.1, 0.15) is 18.0 Å². The highest BCUT2D eigenvalue weighted by Gasteiger charge is 2.20. The van der Waals surface area contributed by atoms with Gasteiger partial charge in [0.15, 0.2) is 0 Å². The summed E-state index contributed by atoms with van der Waals surface area (Å²) in [7, 11) is 0. The lowest BCUT2D eigenvalue weighted by Crippen LogP contribution is -2.48. The Bertz CT molecular complexity index is 407. The number of nitrogens with one attached hydrogen (secondary N) is 2. The highest BCUT2D eigenvalue weighted by atomic mass is 16.2. The van der Waals surface area contributed by atoms with Crippen LogP contribution in [0.2, 0.25) is 0 Å². The smallest absolute Gasteiger partial charge is 0.239 e. The summed E-state index contributed by atoms with van der Waals surface area (Å²) in [5.74, 6) is 6.67. The molecule has 4 N–H and O–H groups in total. The molecule has 0 bridgehead atoms. The first-order chi connectivity index (χ1) is 7.72. The Morgan fingerprint density at radius 3 is 3.06 bits per heavy atom. The van der Waals surface area contributed by atoms with E-state index in [1.165, 1.54) is 6.33 Å². The number of amides is 1. The van der Waals surface area contributed by atoms with Crippen molar-refractivity contribution in [1.29, 1.82) is 0 Å². The van der Waals surface area contributed by atoms with E-state index in [2.05, 4.69) is 20.7 Å². The first-order valence-corrected chi connectivity index (χ1v) is 5.02. The maximum atomic E-state index is 11.3. The van der Waals surface area contributed by atoms with Crippen molar-refractivity contribution in [2.24, 2.45) is 5.84 Å². The van der Waals surface area contributed by atoms with E-state index in [0.29, 0.717) is 18.9 Å². The summed E-state index contributed by atoms with van der Waals surface area (Å²) in [4.78, 5) is 21.4. The van der Waals surface area contributed by atoms with Crippen LogP contribution < -0.4 is 21.5 Å². The van der Waals surface area contributed by atoms with Crippen LogP contribution in [0.1, 0.15) is 5.56 Å². The van der Waals surface area contributed by atoms with Gasteiger partial charge in [0.25, 0.3) is 0 Å². The maximum absolute atomic E-state index is 11.3. The van der Waals surface area contributed by atoms with Gasteiger partial charge >= 0.3 is 0 Å². The minimum atomic E-state index is 0.00604. The number of hydrogen-bond acceptors (Lipinski definition) is 6. The molecule has 0 aromatic carbocycles. The number of aromatic nitrogens is 2. The molecule has 7 nitrogen and oxygen atoms in total. The molecule has 0 spiro atoms. The van der Waals surface area contributed by atoms with E-state index < -0.39 is 0 Å². The molecule has 16 heavy (non-hydrogen) atoms. The quantitative estimate of drug-likeness (QED) is 0.439. The van der Waals surface area contributed by atoms with Gasteiger partial charge in [0, 0.05) is 18.7 Å². The van der Waals surface area contributed by atoms with Gasteiger partial charge in [-0.2, -0.15) is 0 Å². The van der Waals surface area contributed by atoms with Crippen LogP contribution in [0.4, 0.5) is 11.6 Å². The van der Waals surface area contributed by atoms with E-state index >= 15 is 0 Å². The van der Waals surface area contributed by atoms with E-state index in [1.54, 1.807) is 0 Å². The first-order valence-electron chi connectivity index (χ1n) is 5.02. The second-order valence-electron chi connectivity index (χ2n) is 3.59. The summed E-state index contributed by atoms with van der Waals surface area (Å²) in [5, 5.41) is 2.77. The number of hydrazine groups is 1. The van der Waals surface area contributed by atoms with E-state index in [9.17, 15) is 4.79 Å². The van der Waals surface area contributed by atoms with Gasteiger partial charge in [-0.15, -0.1) is 0 Å². The number of nitrogens with two attached hydrogens (primary N) is 1. The summed E-state index contributed by atoms with van der Waals surface area (Å²) < 4.78 is 0. The van der Waals surface area contributed by atoms with Crippen LogP contribution in [0.3, 0.4) is 0 Å². The summed E-state index contributed by atoms with van der Waals surface area (Å²) >= 11 is 0. The van der Waals surface area contributed by atoms with Crippen molar-refractivity contribution in [2.75, 3.05) is 30.0 Å². The van der Waals surface area contributed by atoms with E-state index in [4.69, 9.17) is 5.84 Å². The standard InChI is InChI=1S/C9H14N6O/c1-6-8(14-10)12-5-13-9(6)15-3-2-11-7(16)4-15/h5H,2-4,10H2,1H3,(H,11,16)(H,12,13,14). The number of piperazine rings is 1. The van der Waals surface area contributed by atoms with E-state index in [-0.39, 0.29) is 5.91 Å². The van der Waals surface area contributed by atoms with Gasteiger partial charge in [-0.3, -0.25) is 4.79 Å². The van der Waals surface area contributed by atoms with Crippen LogP contribution in [-0.4, -0.2) is 35.5 Å². The molecule has 1 amide bonds. The van der Waals surface area contributed by atoms with Crippen molar-refractivity contribution in [3.8, 4) is 0 Å². The topological polar surface area (TPSA) is 96.2 Å². The Morgan fingerprint density at radius 2 is 2.38 bits per heavy atom. The van der Waals surface area contributed by atoms with Crippen molar-refractivity contribution in [2.45, 2.75) is 6.92 Å². The molecule has 1 aliphatic heterocycles. The lowest BCUT2D eigenvalue weighted by molar-refractivity contribution is -0.120. The molecule has 1 saturated heterocycles. The Hall–Kier alpha value is -1.89. The molecule has 0 radical (unpaired) electrons. The van der Waals surface area contributed by atoms with Gasteiger partial charge in [-0.05, 0) is 6.92 Å². The Morgan fingerprint density at radius 1 is 1.56 bits per heavy atom. The number of rotatable bonds is 2. The predicted octanol–water partition coefficient (Wildman–Crippen LogP) is -0.993. The molecule has 0 saturated carbocycles. The van der Waals surface area contributed by atoms with Crippen LogP contribution >= 0.6 is 0 Å². The Balaban J connectivity index is 2.29. The summed E-state index contributed by atoms with van der Waals surface area (Å²) in [5.41, 5.74) is 3.35. The fourth-order valence-corrected chi connectivity index (χ4v) is 1.72. The number of carbonyl (C=O) groups is 1. The minimum Gasteiger partial charge on any atom is -0.353 e. The van der Waals surface area contributed by atoms with Crippen LogP contribution in [0.5, 0.6) is 0 Å². The SMILES string of the molecule is Cc1c(NN)ncnc1N1CCNC(=O)C1. The number of nitrogen functional groups attached to an aromatic ring is 1. The number of hydrogen-bond donors (Lipinski definition) is 3. The van der Waals surface area contributed by atoms with Gasteiger partial charge in [0.2, 0.25) is 5.91 Å². The van der Waals surface area contributed by atoms with Crippen LogP contribution in [0.25, 0.3) is 0 Å². The van der Waals surface area contributed by atoms with Crippen molar-refractivity contribution < 1.29 is 4.79 Å². The third kappa shape index (κ3) is 1.89. The second-order valence-corrected chi connectivity index (χ2v) is 3.59. The van der Waals surface area contributed by atoms with Gasteiger partial charge in [-0.25, -0.2) is 15.8 Å². The fraction of sp³-hybridized carbons (Fsp3) is 0.444. The average Bonchev–Trinajstić information content (AvgIpc) is 2.29. The molecule has 2 rings (SSSR count). The summed E-state index contributed by atoms with van der Waals surface area (Å²) in [6, 6.07) is 0. The average molecular weight is 222 g/mol. The number of nitrogens with zero attached hydrogens (tertiary/aromatic N) is 3. The lowest BCUT2D eigenvalue weighted by atomic mass is 10.2. The molecular formula is C9H14N6O. The van der Waals surface area contributed by atoms with Crippen molar-refractivity contribution >= 4 is 17.5 Å². The zero-order valence-electron chi connectivity index (χ0n) is 9.03. The van der Waals surface area contributed by atoms with Gasteiger partial charge in [-0.1, -0.05) is 0 Å². The zero-order valence-corrected chi connectivity index (χ0v) is 9.03. The van der Waals surface area contributed by atoms with Crippen molar-refractivity contribution in [1.82, 2.24) is 15.3 Å². The highest BCUT2D eigenvalue weighted by Crippen LogP contribution is 2.21. The van der Waals surface area contributed by atoms with Crippen LogP contribution in [-0.2, 0) is 4.79 Å². The molecule has 1 aromatic heterocycles. The van der Waals surface area contributed by atoms with Gasteiger partial charge in [0.05, 0.1) is 6.54 Å². The first kappa shape index (κ1) is 10.6. The largest absolute Gasteiger partial charge is 0.353 e. The van der Waals surface area contributed by atoms with Crippen LogP contribution in [0, 0.1) is 6.92 Å². The predicted molar refractivity (Wildman–Crippen MR) is 59.8 cm³/mol. The van der Waals surface area contributed by atoms with Crippen molar-refractivity contribution in [3.63, 3.8) is 0 Å². The molecular weight excluding hydrogens is 208 g/mol. The fourth-order valence-electron chi connectivity index (χ4n) is 1.72. The highest BCUT2D eigenvalue weighted by molar-refractivity contribution is 5.82. The summed E-state index contributed by atoms with van der Waals surface area (Å²) in [6.45, 7) is 3.57.